The van der Waals surface area contributed by atoms with Crippen molar-refractivity contribution in [1.29, 1.82) is 0 Å². The second kappa shape index (κ2) is 21.8. The smallest absolute Gasteiger partial charge is 0.408 e. The van der Waals surface area contributed by atoms with E-state index in [0.717, 1.165) is 71.7 Å². The number of fused-ring (bicyclic) bond motifs is 2. The van der Waals surface area contributed by atoms with Crippen LogP contribution in [0.4, 0.5) is 19.3 Å². The molecule has 0 radical (unpaired) electrons. The summed E-state index contributed by atoms with van der Waals surface area (Å²) < 4.78 is 49.3. The van der Waals surface area contributed by atoms with Crippen LogP contribution in [-0.2, 0) is 48.0 Å². The molecule has 7 rings (SSSR count). The Labute approximate surface area is 410 Å². The number of nitrogens with zero attached hydrogens (tertiary/aromatic N) is 5. The number of hydrogen-bond acceptors (Lipinski definition) is 11. The maximum Gasteiger partial charge on any atom is 0.408 e. The molecule has 0 spiro atoms. The predicted octanol–water partition coefficient (Wildman–Crippen LogP) is 8.86. The lowest BCUT2D eigenvalue weighted by atomic mass is 9.84. The van der Waals surface area contributed by atoms with E-state index in [-0.39, 0.29) is 37.2 Å². The predicted molar refractivity (Wildman–Crippen MR) is 265 cm³/mol. The third-order valence-electron chi connectivity index (χ3n) is 13.7. The zero-order valence-electron chi connectivity index (χ0n) is 42.2. The number of carboxylic acid groups (broad SMARTS) is 1. The first kappa shape index (κ1) is 52.2. The molecule has 3 fully saturated rings. The lowest BCUT2D eigenvalue weighted by Gasteiger charge is -2.45. The number of carboxylic acids is 1. The molecule has 3 aliphatic rings. The van der Waals surface area contributed by atoms with Gasteiger partial charge in [0, 0.05) is 86.7 Å². The second-order valence-corrected chi connectivity index (χ2v) is 20.9. The first-order valence-corrected chi connectivity index (χ1v) is 24.7. The number of amides is 2. The van der Waals surface area contributed by atoms with E-state index in [2.05, 4.69) is 51.9 Å². The third-order valence-corrected chi connectivity index (χ3v) is 13.7. The highest BCUT2D eigenvalue weighted by Crippen LogP contribution is 2.43. The number of pyridine rings is 1. The van der Waals surface area contributed by atoms with E-state index in [1.54, 1.807) is 33.9 Å². The Morgan fingerprint density at radius 1 is 0.957 bits per heavy atom. The quantitative estimate of drug-likeness (QED) is 0.0915. The average Bonchev–Trinajstić information content (AvgIpc) is 3.62. The van der Waals surface area contributed by atoms with Crippen LogP contribution >= 0.6 is 0 Å². The van der Waals surface area contributed by atoms with Gasteiger partial charge in [0.05, 0.1) is 36.0 Å². The van der Waals surface area contributed by atoms with Crippen molar-refractivity contribution in [3.63, 3.8) is 0 Å². The number of nitrogens with one attached hydrogen (secondary N) is 2. The van der Waals surface area contributed by atoms with Gasteiger partial charge in [0.2, 0.25) is 0 Å². The summed E-state index contributed by atoms with van der Waals surface area (Å²) >= 11 is 0. The number of anilines is 1. The number of hydrogen-bond donors (Lipinski definition) is 3. The first-order chi connectivity index (χ1) is 33.1. The summed E-state index contributed by atoms with van der Waals surface area (Å²) in [6, 6.07) is 10.8. The number of halogens is 2. The van der Waals surface area contributed by atoms with Gasteiger partial charge >= 0.3 is 18.0 Å². The number of hydrazine groups is 1. The van der Waals surface area contributed by atoms with Crippen molar-refractivity contribution < 1.29 is 47.3 Å². The van der Waals surface area contributed by atoms with Gasteiger partial charge in [0.1, 0.15) is 17.7 Å². The highest BCUT2D eigenvalue weighted by atomic mass is 19.3. The minimum atomic E-state index is -2.87. The number of piperidine rings is 1. The number of methoxy groups -OCH3 is 1. The first-order valence-electron chi connectivity index (χ1n) is 24.7. The van der Waals surface area contributed by atoms with E-state index < -0.39 is 47.5 Å². The van der Waals surface area contributed by atoms with Crippen LogP contribution in [-0.4, -0.2) is 119 Å². The molecule has 2 aromatic carbocycles. The van der Waals surface area contributed by atoms with Crippen molar-refractivity contribution in [2.45, 2.75) is 143 Å². The molecular formula is C53H71F2N7O8. The number of esters is 1. The number of alkyl halides is 2. The third kappa shape index (κ3) is 12.3. The van der Waals surface area contributed by atoms with Crippen LogP contribution in [0, 0.1) is 5.41 Å². The van der Waals surface area contributed by atoms with E-state index in [4.69, 9.17) is 19.2 Å². The van der Waals surface area contributed by atoms with Gasteiger partial charge < -0.3 is 34.1 Å². The molecule has 380 valence electrons. The van der Waals surface area contributed by atoms with Gasteiger partial charge in [-0.05, 0) is 120 Å². The fourth-order valence-corrected chi connectivity index (χ4v) is 10.2. The number of rotatable bonds is 16. The lowest BCUT2D eigenvalue weighted by molar-refractivity contribution is -0.148. The Morgan fingerprint density at radius 2 is 1.73 bits per heavy atom. The molecule has 2 amide bonds. The molecule has 0 aliphatic carbocycles. The number of benzene rings is 2. The highest BCUT2D eigenvalue weighted by Gasteiger charge is 2.35. The van der Waals surface area contributed by atoms with E-state index in [0.29, 0.717) is 48.5 Å². The molecule has 3 saturated heterocycles. The van der Waals surface area contributed by atoms with Gasteiger partial charge in [-0.1, -0.05) is 38.5 Å². The zero-order valence-corrected chi connectivity index (χ0v) is 42.2. The Morgan fingerprint density at radius 3 is 2.41 bits per heavy atom. The van der Waals surface area contributed by atoms with E-state index in [9.17, 15) is 33.1 Å². The number of aryl methyl sites for hydroxylation is 1. The van der Waals surface area contributed by atoms with Gasteiger partial charge in [0.25, 0.3) is 12.3 Å². The van der Waals surface area contributed by atoms with Crippen molar-refractivity contribution in [2.24, 2.45) is 5.41 Å². The Kier molecular flexibility index (Phi) is 16.2. The molecule has 70 heavy (non-hydrogen) atoms. The second-order valence-electron chi connectivity index (χ2n) is 20.9. The fourth-order valence-electron chi connectivity index (χ4n) is 10.2. The molecule has 2 aromatic heterocycles. The Hall–Kier alpha value is -5.65. The summed E-state index contributed by atoms with van der Waals surface area (Å²) in [7, 11) is 1.67. The number of carbonyl (C=O) groups excluding carboxylic acids is 3. The molecule has 15 nitrogen and oxygen atoms in total. The molecule has 5 heterocycles. The minimum absolute atomic E-state index is 0.159. The van der Waals surface area contributed by atoms with Crippen molar-refractivity contribution in [2.75, 3.05) is 51.3 Å². The Balaban J connectivity index is 1.36. The van der Waals surface area contributed by atoms with Gasteiger partial charge in [-0.25, -0.2) is 19.0 Å². The molecule has 0 saturated carbocycles. The SMILES string of the molecule is CCn1c(-c2cc(N3CCN4CCCCC4C3)cnc2[C@H](C)OC)c(CC(C)(C)COC(C)=O)c2cc(-c3cc(CC(NC(=O)OC(C)(C)C)C(=O)N4CCCC(C(=O)O)N4)cc(C(F)F)c3)ccc21. The van der Waals surface area contributed by atoms with Crippen LogP contribution in [0.2, 0.25) is 0 Å². The standard InChI is InChI=1S/C53H71F2N7O8/c1-10-61-45-17-16-35(36-22-34(23-37(25-36)48(54)55)24-44(57-51(67)70-52(4,5)6)49(64)62-19-13-15-43(58-62)50(65)66)26-40(45)42(28-53(7,8)31-69-33(3)63)47(61)41-27-39(29-56-46(41)32(2)68-9)60-21-20-59-18-12-11-14-38(59)30-60/h16-17,22-23,25-27,29,32,38,43-44,48,58H,10-15,18-21,24,28,30-31H2,1-9H3,(H,57,67)(H,65,66)/t32-,38?,43?,44?/m0/s1. The maximum atomic E-state index is 15.0. The average molecular weight is 972 g/mol. The molecule has 0 bridgehead atoms. The molecule has 4 aromatic rings. The highest BCUT2D eigenvalue weighted by molar-refractivity contribution is 5.96. The van der Waals surface area contributed by atoms with E-state index in [1.165, 1.54) is 36.9 Å². The number of carbonyl (C=O) groups is 4. The van der Waals surface area contributed by atoms with Crippen LogP contribution in [0.15, 0.2) is 48.7 Å². The van der Waals surface area contributed by atoms with Crippen LogP contribution in [0.1, 0.15) is 122 Å². The Bertz CT molecular complexity index is 2560. The number of ether oxygens (including phenoxy) is 3. The van der Waals surface area contributed by atoms with Gasteiger partial charge in [-0.3, -0.25) is 29.3 Å². The lowest BCUT2D eigenvalue weighted by Crippen LogP contribution is -2.60. The summed E-state index contributed by atoms with van der Waals surface area (Å²) in [6.45, 7) is 19.4. The van der Waals surface area contributed by atoms with Gasteiger partial charge in [-0.2, -0.15) is 0 Å². The molecular weight excluding hydrogens is 901 g/mol. The minimum Gasteiger partial charge on any atom is -0.480 e. The molecule has 3 aliphatic heterocycles. The van der Waals surface area contributed by atoms with Crippen LogP contribution < -0.4 is 15.6 Å². The van der Waals surface area contributed by atoms with Crippen molar-refractivity contribution in [3.8, 4) is 22.4 Å². The number of alkyl carbamates (subject to hydrolysis) is 1. The summed E-state index contributed by atoms with van der Waals surface area (Å²) in [6.07, 6.45) is 2.44. The fraction of sp³-hybridized carbons (Fsp3) is 0.566. The van der Waals surface area contributed by atoms with Crippen LogP contribution in [0.3, 0.4) is 0 Å². The zero-order chi connectivity index (χ0) is 50.7. The summed E-state index contributed by atoms with van der Waals surface area (Å²) in [4.78, 5) is 61.6. The van der Waals surface area contributed by atoms with Crippen LogP contribution in [0.25, 0.3) is 33.3 Å². The number of aromatic nitrogens is 2. The maximum absolute atomic E-state index is 15.0. The van der Waals surface area contributed by atoms with E-state index >= 15 is 0 Å². The van der Waals surface area contributed by atoms with E-state index in [1.807, 2.05) is 31.3 Å². The largest absolute Gasteiger partial charge is 0.480 e. The molecule has 3 N–H and O–H groups in total. The number of aliphatic carboxylic acids is 1. The summed E-state index contributed by atoms with van der Waals surface area (Å²) in [5.41, 5.74) is 8.05. The summed E-state index contributed by atoms with van der Waals surface area (Å²) in [5, 5.41) is 14.4. The van der Waals surface area contributed by atoms with Crippen molar-refractivity contribution in [3.05, 3.63) is 71.0 Å². The molecule has 3 unspecified atom stereocenters. The van der Waals surface area contributed by atoms with Gasteiger partial charge in [-0.15, -0.1) is 0 Å². The van der Waals surface area contributed by atoms with Crippen molar-refractivity contribution >= 4 is 40.5 Å². The van der Waals surface area contributed by atoms with Gasteiger partial charge in [0.15, 0.2) is 0 Å². The molecule has 4 atom stereocenters. The normalized spacial score (nSPS) is 18.9. The van der Waals surface area contributed by atoms with Crippen molar-refractivity contribution in [1.82, 2.24) is 30.2 Å². The van der Waals surface area contributed by atoms with Crippen LogP contribution in [0.5, 0.6) is 0 Å². The number of piperazine rings is 1. The monoisotopic (exact) mass is 972 g/mol. The topological polar surface area (TPSA) is 168 Å². The summed E-state index contributed by atoms with van der Waals surface area (Å²) in [5.74, 6) is -2.14. The molecule has 17 heteroatoms.